The number of rotatable bonds is 5. The Morgan fingerprint density at radius 1 is 1.22 bits per heavy atom. The minimum atomic E-state index is -4.70. The molecule has 0 radical (unpaired) electrons. The van der Waals surface area contributed by atoms with Gasteiger partial charge in [0.05, 0.1) is 23.1 Å². The number of amides is 2. The molecule has 10 heteroatoms. The summed E-state index contributed by atoms with van der Waals surface area (Å²) in [6.45, 7) is 4.42. The highest BCUT2D eigenvalue weighted by Crippen LogP contribution is 2.44. The van der Waals surface area contributed by atoms with Gasteiger partial charge in [0, 0.05) is 24.4 Å². The average Bonchev–Trinajstić information content (AvgIpc) is 3.30. The number of ether oxygens (including phenoxy) is 1. The van der Waals surface area contributed by atoms with E-state index < -0.39 is 35.7 Å². The second-order valence-corrected chi connectivity index (χ2v) is 10.7. The number of pyridine rings is 1. The fourth-order valence-corrected chi connectivity index (χ4v) is 5.85. The summed E-state index contributed by atoms with van der Waals surface area (Å²) in [4.78, 5) is 29.1. The molecule has 192 valence electrons. The second kappa shape index (κ2) is 8.38. The van der Waals surface area contributed by atoms with Crippen LogP contribution in [-0.2, 0) is 21.4 Å². The molecule has 2 aliphatic carbocycles. The number of aromatic nitrogens is 1. The Labute approximate surface area is 207 Å². The molecule has 2 N–H and O–H groups in total. The molecule has 1 spiro atoms. The van der Waals surface area contributed by atoms with E-state index in [1.165, 1.54) is 23.4 Å². The standard InChI is InChI=1S/C26H29F3N4O3/c1-24(2)18-7-5-4-6-15(18)10-20(24)31-17-8-9-19(30-13-17)21(26(27,28)29)33(3)22(34)16-11-25(12-16)14-36-23(35)32-25/h4-9,13,16,20-21,31H,10-12,14H2,1-3H3,(H,32,35)/t16?,20?,21-,25?/m0/s1. The van der Waals surface area contributed by atoms with Gasteiger partial charge in [0.15, 0.2) is 6.04 Å². The van der Waals surface area contributed by atoms with Gasteiger partial charge in [0.2, 0.25) is 5.91 Å². The Morgan fingerprint density at radius 3 is 2.53 bits per heavy atom. The summed E-state index contributed by atoms with van der Waals surface area (Å²) in [5.41, 5.74) is 2.09. The lowest BCUT2D eigenvalue weighted by atomic mass is 9.68. The predicted molar refractivity (Wildman–Crippen MR) is 126 cm³/mol. The second-order valence-electron chi connectivity index (χ2n) is 10.7. The van der Waals surface area contributed by atoms with Crippen molar-refractivity contribution in [2.24, 2.45) is 5.92 Å². The van der Waals surface area contributed by atoms with Crippen molar-refractivity contribution in [1.29, 1.82) is 0 Å². The van der Waals surface area contributed by atoms with E-state index in [-0.39, 0.29) is 36.6 Å². The molecule has 1 saturated carbocycles. The molecule has 2 heterocycles. The van der Waals surface area contributed by atoms with Crippen LogP contribution in [0.1, 0.15) is 49.6 Å². The summed E-state index contributed by atoms with van der Waals surface area (Å²) in [6.07, 6.45) is -2.56. The van der Waals surface area contributed by atoms with Crippen molar-refractivity contribution in [3.05, 3.63) is 59.4 Å². The Balaban J connectivity index is 1.29. The number of carbonyl (C=O) groups is 2. The lowest BCUT2D eigenvalue weighted by Gasteiger charge is -2.44. The highest BCUT2D eigenvalue weighted by Gasteiger charge is 2.55. The van der Waals surface area contributed by atoms with E-state index >= 15 is 0 Å². The molecule has 2 atom stereocenters. The Bertz CT molecular complexity index is 1180. The van der Waals surface area contributed by atoms with Gasteiger partial charge in [-0.3, -0.25) is 9.78 Å². The zero-order valence-corrected chi connectivity index (χ0v) is 20.4. The number of benzene rings is 1. The number of alkyl halides is 3. The van der Waals surface area contributed by atoms with Crippen molar-refractivity contribution >= 4 is 17.7 Å². The first-order valence-electron chi connectivity index (χ1n) is 12.0. The molecule has 2 aromatic rings. The van der Waals surface area contributed by atoms with Gasteiger partial charge in [-0.2, -0.15) is 13.2 Å². The number of nitrogens with one attached hydrogen (secondary N) is 2. The Kier molecular flexibility index (Phi) is 5.68. The average molecular weight is 503 g/mol. The van der Waals surface area contributed by atoms with Gasteiger partial charge in [-0.15, -0.1) is 0 Å². The molecule has 3 aliphatic rings. The van der Waals surface area contributed by atoms with E-state index in [1.807, 2.05) is 12.1 Å². The van der Waals surface area contributed by atoms with Gasteiger partial charge in [-0.05, 0) is 42.5 Å². The van der Waals surface area contributed by atoms with Crippen molar-refractivity contribution in [2.75, 3.05) is 19.0 Å². The third kappa shape index (κ3) is 4.16. The maximum Gasteiger partial charge on any atom is 0.414 e. The quantitative estimate of drug-likeness (QED) is 0.636. The number of anilines is 1. The molecular formula is C26H29F3N4O3. The lowest BCUT2D eigenvalue weighted by Crippen LogP contribution is -2.58. The highest BCUT2D eigenvalue weighted by molar-refractivity contribution is 5.82. The molecule has 36 heavy (non-hydrogen) atoms. The van der Waals surface area contributed by atoms with Crippen LogP contribution in [-0.4, -0.2) is 53.3 Å². The van der Waals surface area contributed by atoms with E-state index in [9.17, 15) is 22.8 Å². The third-order valence-electron chi connectivity index (χ3n) is 7.93. The maximum atomic E-state index is 14.1. The number of nitrogens with zero attached hydrogens (tertiary/aromatic N) is 2. The van der Waals surface area contributed by atoms with Crippen LogP contribution in [0.15, 0.2) is 42.6 Å². The molecule has 1 saturated heterocycles. The first-order chi connectivity index (χ1) is 16.9. The summed E-state index contributed by atoms with van der Waals surface area (Å²) in [5, 5.41) is 6.09. The van der Waals surface area contributed by atoms with Crippen molar-refractivity contribution in [1.82, 2.24) is 15.2 Å². The van der Waals surface area contributed by atoms with Crippen LogP contribution in [0.2, 0.25) is 0 Å². The fourth-order valence-electron chi connectivity index (χ4n) is 5.85. The molecule has 1 unspecified atom stereocenters. The van der Waals surface area contributed by atoms with Gasteiger partial charge in [-0.25, -0.2) is 4.79 Å². The number of hydrogen-bond acceptors (Lipinski definition) is 5. The van der Waals surface area contributed by atoms with Crippen LogP contribution in [0.4, 0.5) is 23.7 Å². The molecule has 2 fully saturated rings. The summed E-state index contributed by atoms with van der Waals surface area (Å²) in [5.74, 6) is -1.24. The normalized spacial score (nSPS) is 27.0. The lowest BCUT2D eigenvalue weighted by molar-refractivity contribution is -0.193. The summed E-state index contributed by atoms with van der Waals surface area (Å²) in [7, 11) is 1.15. The fraction of sp³-hybridized carbons (Fsp3) is 0.500. The number of fused-ring (bicyclic) bond motifs is 1. The monoisotopic (exact) mass is 502 g/mol. The van der Waals surface area contributed by atoms with Gasteiger partial charge in [0.25, 0.3) is 0 Å². The van der Waals surface area contributed by atoms with Crippen LogP contribution < -0.4 is 10.6 Å². The first kappa shape index (κ1) is 24.4. The van der Waals surface area contributed by atoms with E-state index in [4.69, 9.17) is 4.74 Å². The topological polar surface area (TPSA) is 83.6 Å². The zero-order valence-electron chi connectivity index (χ0n) is 20.4. The predicted octanol–water partition coefficient (Wildman–Crippen LogP) is 4.35. The van der Waals surface area contributed by atoms with Crippen molar-refractivity contribution in [3.8, 4) is 0 Å². The summed E-state index contributed by atoms with van der Waals surface area (Å²) >= 11 is 0. The Morgan fingerprint density at radius 2 is 1.94 bits per heavy atom. The van der Waals surface area contributed by atoms with E-state index in [1.54, 1.807) is 6.07 Å². The van der Waals surface area contributed by atoms with E-state index in [0.717, 1.165) is 18.4 Å². The summed E-state index contributed by atoms with van der Waals surface area (Å²) in [6, 6.07) is 9.02. The molecule has 0 bridgehead atoms. The summed E-state index contributed by atoms with van der Waals surface area (Å²) < 4.78 is 47.2. The maximum absolute atomic E-state index is 14.1. The largest absolute Gasteiger partial charge is 0.447 e. The molecule has 7 nitrogen and oxygen atoms in total. The van der Waals surface area contributed by atoms with Crippen molar-refractivity contribution < 1.29 is 27.5 Å². The zero-order chi connectivity index (χ0) is 25.9. The minimum Gasteiger partial charge on any atom is -0.447 e. The third-order valence-corrected chi connectivity index (χ3v) is 7.93. The molecule has 2 amide bonds. The van der Waals surface area contributed by atoms with Crippen LogP contribution in [0, 0.1) is 5.92 Å². The molecule has 1 aromatic heterocycles. The van der Waals surface area contributed by atoms with Gasteiger partial charge >= 0.3 is 12.3 Å². The number of alkyl carbamates (subject to hydrolysis) is 1. The first-order valence-corrected chi connectivity index (χ1v) is 12.0. The number of cyclic esters (lactones) is 1. The van der Waals surface area contributed by atoms with Crippen LogP contribution in [0.3, 0.4) is 0 Å². The van der Waals surface area contributed by atoms with Crippen LogP contribution in [0.5, 0.6) is 0 Å². The number of halogens is 3. The molecule has 1 aromatic carbocycles. The van der Waals surface area contributed by atoms with E-state index in [0.29, 0.717) is 5.69 Å². The SMILES string of the molecule is CN(C(=O)C1CC2(COC(=O)N2)C1)[C@@H](c1ccc(NC2Cc3ccccc3C2(C)C)cn1)C(F)(F)F. The van der Waals surface area contributed by atoms with Crippen LogP contribution in [0.25, 0.3) is 0 Å². The van der Waals surface area contributed by atoms with Crippen LogP contribution >= 0.6 is 0 Å². The molecular weight excluding hydrogens is 473 g/mol. The molecule has 1 aliphatic heterocycles. The van der Waals surface area contributed by atoms with Gasteiger partial charge in [-0.1, -0.05) is 38.1 Å². The van der Waals surface area contributed by atoms with E-state index in [2.05, 4.69) is 41.6 Å². The number of hydrogen-bond donors (Lipinski definition) is 2. The number of carbonyl (C=O) groups excluding carboxylic acids is 2. The van der Waals surface area contributed by atoms with Gasteiger partial charge < -0.3 is 20.3 Å². The molecule has 5 rings (SSSR count). The Hall–Kier alpha value is -3.30. The van der Waals surface area contributed by atoms with Crippen molar-refractivity contribution in [3.63, 3.8) is 0 Å². The highest BCUT2D eigenvalue weighted by atomic mass is 19.4. The van der Waals surface area contributed by atoms with Gasteiger partial charge in [0.1, 0.15) is 6.61 Å². The smallest absolute Gasteiger partial charge is 0.414 e. The van der Waals surface area contributed by atoms with Crippen molar-refractivity contribution in [2.45, 2.75) is 62.3 Å². The minimum absolute atomic E-state index is 0.0659.